The molecule has 3 aromatic rings. The van der Waals surface area contributed by atoms with Gasteiger partial charge in [-0.25, -0.2) is 18.1 Å². The van der Waals surface area contributed by atoms with Gasteiger partial charge in [-0.2, -0.15) is 0 Å². The fraction of sp³-hybridized carbons (Fsp3) is 0.350. The van der Waals surface area contributed by atoms with E-state index in [1.54, 1.807) is 31.6 Å². The number of hydrogen-bond donors (Lipinski definition) is 1. The van der Waals surface area contributed by atoms with Crippen LogP contribution in [0.3, 0.4) is 0 Å². The largest absolute Gasteiger partial charge is 0.493 e. The molecule has 0 unspecified atom stereocenters. The molecule has 2 aromatic heterocycles. The lowest BCUT2D eigenvalue weighted by molar-refractivity contribution is 0.354. The predicted octanol–water partition coefficient (Wildman–Crippen LogP) is 4.34. The van der Waals surface area contributed by atoms with Crippen molar-refractivity contribution in [2.75, 3.05) is 20.8 Å². The Morgan fingerprint density at radius 1 is 1.00 bits per heavy atom. The van der Waals surface area contributed by atoms with Crippen molar-refractivity contribution in [3.05, 3.63) is 45.3 Å². The number of aryl methyl sites for hydroxylation is 3. The Morgan fingerprint density at radius 3 is 2.34 bits per heavy atom. The third-order valence-corrected chi connectivity index (χ3v) is 8.56. The zero-order chi connectivity index (χ0) is 21.2. The summed E-state index contributed by atoms with van der Waals surface area (Å²) < 4.78 is 38.9. The number of thiophene rings is 1. The van der Waals surface area contributed by atoms with Crippen LogP contribution in [0.4, 0.5) is 0 Å². The van der Waals surface area contributed by atoms with Crippen molar-refractivity contribution in [2.24, 2.45) is 0 Å². The van der Waals surface area contributed by atoms with Crippen molar-refractivity contribution in [2.45, 2.75) is 32.1 Å². The fourth-order valence-corrected chi connectivity index (χ4v) is 6.44. The lowest BCUT2D eigenvalue weighted by Gasteiger charge is -2.10. The number of methoxy groups -OCH3 is 2. The van der Waals surface area contributed by atoms with Crippen LogP contribution in [0, 0.1) is 20.8 Å². The van der Waals surface area contributed by atoms with Crippen molar-refractivity contribution in [1.29, 1.82) is 0 Å². The molecule has 156 valence electrons. The molecule has 3 rings (SSSR count). The van der Waals surface area contributed by atoms with Gasteiger partial charge in [-0.05, 0) is 51.0 Å². The number of rotatable bonds is 8. The lowest BCUT2D eigenvalue weighted by atomic mass is 10.1. The standard InChI is InChI=1S/C20H24N2O4S3/c1-12-13(2)28-20(22-12)18-11-19(14(3)27-18)29(23,24)21-9-8-15-6-7-16(25-4)17(10-15)26-5/h6-7,10-11,21H,8-9H2,1-5H3. The van der Waals surface area contributed by atoms with Crippen LogP contribution in [0.1, 0.15) is 21.0 Å². The van der Waals surface area contributed by atoms with E-state index in [0.29, 0.717) is 22.8 Å². The first kappa shape index (κ1) is 21.8. The van der Waals surface area contributed by atoms with Crippen molar-refractivity contribution >= 4 is 32.7 Å². The van der Waals surface area contributed by atoms with Crippen molar-refractivity contribution in [3.8, 4) is 21.4 Å². The Labute approximate surface area is 179 Å². The SMILES string of the molecule is COc1ccc(CCNS(=O)(=O)c2cc(-c3nc(C)c(C)s3)sc2C)cc1OC. The molecule has 1 aromatic carbocycles. The van der Waals surface area contributed by atoms with Gasteiger partial charge >= 0.3 is 0 Å². The highest BCUT2D eigenvalue weighted by atomic mass is 32.2. The summed E-state index contributed by atoms with van der Waals surface area (Å²) in [5, 5.41) is 0.861. The van der Waals surface area contributed by atoms with E-state index >= 15 is 0 Å². The first-order chi connectivity index (χ1) is 13.7. The summed E-state index contributed by atoms with van der Waals surface area (Å²) in [6.45, 7) is 6.09. The Morgan fingerprint density at radius 2 is 1.72 bits per heavy atom. The molecule has 29 heavy (non-hydrogen) atoms. The summed E-state index contributed by atoms with van der Waals surface area (Å²) in [5.74, 6) is 1.27. The number of thiazole rings is 1. The molecule has 0 aliphatic carbocycles. The van der Waals surface area contributed by atoms with Gasteiger partial charge in [0.2, 0.25) is 10.0 Å². The molecule has 0 radical (unpaired) electrons. The topological polar surface area (TPSA) is 77.5 Å². The Kier molecular flexibility index (Phi) is 6.62. The lowest BCUT2D eigenvalue weighted by Crippen LogP contribution is -2.26. The fourth-order valence-electron chi connectivity index (χ4n) is 2.86. The normalized spacial score (nSPS) is 11.6. The monoisotopic (exact) mass is 452 g/mol. The molecule has 1 N–H and O–H groups in total. The van der Waals surface area contributed by atoms with Crippen LogP contribution in [0.15, 0.2) is 29.2 Å². The zero-order valence-electron chi connectivity index (χ0n) is 17.0. The van der Waals surface area contributed by atoms with E-state index in [0.717, 1.165) is 30.9 Å². The second-order valence-electron chi connectivity index (χ2n) is 6.53. The van der Waals surface area contributed by atoms with Crippen LogP contribution >= 0.6 is 22.7 Å². The molecular formula is C20H24N2O4S3. The highest BCUT2D eigenvalue weighted by Gasteiger charge is 2.21. The van der Waals surface area contributed by atoms with Gasteiger partial charge in [0.25, 0.3) is 0 Å². The van der Waals surface area contributed by atoms with Gasteiger partial charge in [0.15, 0.2) is 11.5 Å². The van der Waals surface area contributed by atoms with Gasteiger partial charge in [-0.15, -0.1) is 22.7 Å². The van der Waals surface area contributed by atoms with E-state index in [4.69, 9.17) is 9.47 Å². The van der Waals surface area contributed by atoms with Gasteiger partial charge in [-0.3, -0.25) is 0 Å². The summed E-state index contributed by atoms with van der Waals surface area (Å²) in [7, 11) is -0.442. The first-order valence-corrected chi connectivity index (χ1v) is 12.1. The third kappa shape index (κ3) is 4.80. The molecular weight excluding hydrogens is 428 g/mol. The summed E-state index contributed by atoms with van der Waals surface area (Å²) in [4.78, 5) is 7.63. The van der Waals surface area contributed by atoms with Crippen LogP contribution in [-0.4, -0.2) is 34.2 Å². The molecule has 0 aliphatic heterocycles. The van der Waals surface area contributed by atoms with E-state index in [-0.39, 0.29) is 6.54 Å². The summed E-state index contributed by atoms with van der Waals surface area (Å²) in [6, 6.07) is 7.29. The van der Waals surface area contributed by atoms with Gasteiger partial charge in [0.1, 0.15) is 5.01 Å². The molecule has 0 fully saturated rings. The Bertz CT molecular complexity index is 1100. The van der Waals surface area contributed by atoms with Crippen LogP contribution in [0.5, 0.6) is 11.5 Å². The second-order valence-corrected chi connectivity index (χ2v) is 10.7. The van der Waals surface area contributed by atoms with E-state index in [1.165, 1.54) is 11.3 Å². The van der Waals surface area contributed by atoms with Crippen molar-refractivity contribution in [3.63, 3.8) is 0 Å². The van der Waals surface area contributed by atoms with Gasteiger partial charge in [0, 0.05) is 16.3 Å². The first-order valence-electron chi connectivity index (χ1n) is 9.00. The van der Waals surface area contributed by atoms with E-state index < -0.39 is 10.0 Å². The minimum atomic E-state index is -3.60. The number of nitrogens with one attached hydrogen (secondary N) is 1. The van der Waals surface area contributed by atoms with Crippen molar-refractivity contribution in [1.82, 2.24) is 9.71 Å². The molecule has 2 heterocycles. The molecule has 0 saturated heterocycles. The number of sulfonamides is 1. The number of aromatic nitrogens is 1. The van der Waals surface area contributed by atoms with Crippen molar-refractivity contribution < 1.29 is 17.9 Å². The maximum atomic E-state index is 12.8. The van der Waals surface area contributed by atoms with Crippen LogP contribution < -0.4 is 14.2 Å². The van der Waals surface area contributed by atoms with Crippen LogP contribution in [0.25, 0.3) is 9.88 Å². The summed E-state index contributed by atoms with van der Waals surface area (Å²) >= 11 is 3.04. The molecule has 9 heteroatoms. The number of hydrogen-bond acceptors (Lipinski definition) is 7. The van der Waals surface area contributed by atoms with Gasteiger partial charge < -0.3 is 9.47 Å². The molecule has 0 spiro atoms. The minimum absolute atomic E-state index is 0.290. The average molecular weight is 453 g/mol. The summed E-state index contributed by atoms with van der Waals surface area (Å²) in [5.41, 5.74) is 1.94. The molecule has 0 atom stereocenters. The van der Waals surface area contributed by atoms with Gasteiger partial charge in [-0.1, -0.05) is 6.07 Å². The highest BCUT2D eigenvalue weighted by molar-refractivity contribution is 7.89. The third-order valence-electron chi connectivity index (χ3n) is 4.55. The minimum Gasteiger partial charge on any atom is -0.493 e. The number of nitrogens with zero attached hydrogens (tertiary/aromatic N) is 1. The average Bonchev–Trinajstić information content (AvgIpc) is 3.24. The zero-order valence-corrected chi connectivity index (χ0v) is 19.5. The molecule has 0 saturated carbocycles. The molecule has 0 bridgehead atoms. The maximum absolute atomic E-state index is 12.8. The smallest absolute Gasteiger partial charge is 0.241 e. The quantitative estimate of drug-likeness (QED) is 0.550. The summed E-state index contributed by atoms with van der Waals surface area (Å²) in [6.07, 6.45) is 0.542. The molecule has 0 amide bonds. The Balaban J connectivity index is 1.72. The highest BCUT2D eigenvalue weighted by Crippen LogP contribution is 2.36. The molecule has 6 nitrogen and oxygen atoms in total. The van der Waals surface area contributed by atoms with Crippen LogP contribution in [-0.2, 0) is 16.4 Å². The van der Waals surface area contributed by atoms with E-state index in [2.05, 4.69) is 9.71 Å². The second kappa shape index (κ2) is 8.83. The number of ether oxygens (including phenoxy) is 2. The maximum Gasteiger partial charge on any atom is 0.241 e. The van der Waals surface area contributed by atoms with E-state index in [1.807, 2.05) is 39.0 Å². The number of benzene rings is 1. The van der Waals surface area contributed by atoms with Crippen LogP contribution in [0.2, 0.25) is 0 Å². The molecule has 0 aliphatic rings. The van der Waals surface area contributed by atoms with Gasteiger partial charge in [0.05, 0.1) is 29.7 Å². The predicted molar refractivity (Wildman–Crippen MR) is 118 cm³/mol. The Hall–Kier alpha value is -1.94. The van der Waals surface area contributed by atoms with E-state index in [9.17, 15) is 8.42 Å².